The van der Waals surface area contributed by atoms with Crippen LogP contribution in [0.4, 0.5) is 13.2 Å². The van der Waals surface area contributed by atoms with E-state index in [0.29, 0.717) is 25.6 Å². The number of guanidine groups is 1. The smallest absolute Gasteiger partial charge is 0.422 e. The molecule has 6 nitrogen and oxygen atoms in total. The average molecular weight is 412 g/mol. The maximum absolute atomic E-state index is 12.2. The highest BCUT2D eigenvalue weighted by atomic mass is 19.4. The molecule has 0 aliphatic rings. The summed E-state index contributed by atoms with van der Waals surface area (Å²) >= 11 is 0. The van der Waals surface area contributed by atoms with Crippen LogP contribution in [0.15, 0.2) is 52.1 Å². The van der Waals surface area contributed by atoms with Crippen LogP contribution in [0.1, 0.15) is 24.3 Å². The number of nitrogens with one attached hydrogen (secondary N) is 2. The molecule has 0 bridgehead atoms. The Hall–Kier alpha value is -2.68. The molecule has 1 heterocycles. The molecule has 0 aliphatic carbocycles. The molecule has 9 heteroatoms. The number of likely N-dealkylation sites (N-methyl/N-ethyl adjacent to an activating group) is 1. The number of hydrogen-bond donors (Lipinski definition) is 2. The SMILES string of the molecule is CCNC(=NCc1ccc(OCC(F)(F)F)cc1)NCC(c1ccco1)N(C)C. The van der Waals surface area contributed by atoms with E-state index in [9.17, 15) is 13.2 Å². The zero-order valence-corrected chi connectivity index (χ0v) is 16.8. The van der Waals surface area contributed by atoms with E-state index < -0.39 is 12.8 Å². The number of benzene rings is 1. The summed E-state index contributed by atoms with van der Waals surface area (Å²) in [5.74, 6) is 1.67. The minimum Gasteiger partial charge on any atom is -0.484 e. The number of nitrogens with zero attached hydrogens (tertiary/aromatic N) is 2. The fourth-order valence-electron chi connectivity index (χ4n) is 2.58. The second-order valence-corrected chi connectivity index (χ2v) is 6.62. The Balaban J connectivity index is 1.94. The largest absolute Gasteiger partial charge is 0.484 e. The van der Waals surface area contributed by atoms with E-state index in [4.69, 9.17) is 9.15 Å². The van der Waals surface area contributed by atoms with Gasteiger partial charge in [-0.15, -0.1) is 0 Å². The topological polar surface area (TPSA) is 62.0 Å². The summed E-state index contributed by atoms with van der Waals surface area (Å²) in [5.41, 5.74) is 0.858. The highest BCUT2D eigenvalue weighted by Crippen LogP contribution is 2.19. The Morgan fingerprint density at radius 3 is 2.45 bits per heavy atom. The van der Waals surface area contributed by atoms with Crippen molar-refractivity contribution in [1.82, 2.24) is 15.5 Å². The number of alkyl halides is 3. The number of aliphatic imine (C=N–C) groups is 1. The molecule has 0 saturated heterocycles. The van der Waals surface area contributed by atoms with Gasteiger partial charge in [-0.2, -0.15) is 13.2 Å². The molecule has 1 atom stereocenters. The highest BCUT2D eigenvalue weighted by Gasteiger charge is 2.28. The molecule has 0 amide bonds. The van der Waals surface area contributed by atoms with Gasteiger partial charge >= 0.3 is 6.18 Å². The van der Waals surface area contributed by atoms with Gasteiger partial charge in [0.25, 0.3) is 0 Å². The summed E-state index contributed by atoms with van der Waals surface area (Å²) in [7, 11) is 3.95. The van der Waals surface area contributed by atoms with E-state index in [2.05, 4.69) is 20.5 Å². The van der Waals surface area contributed by atoms with E-state index in [0.717, 1.165) is 11.3 Å². The zero-order valence-electron chi connectivity index (χ0n) is 16.8. The third kappa shape index (κ3) is 8.06. The minimum atomic E-state index is -4.35. The molecule has 160 valence electrons. The molecule has 2 aromatic rings. The standard InChI is InChI=1S/C20H27F3N4O2/c1-4-24-19(26-13-17(27(2)3)18-6-5-11-28-18)25-12-15-7-9-16(10-8-15)29-14-20(21,22)23/h5-11,17H,4,12-14H2,1-3H3,(H2,24,25,26). The summed E-state index contributed by atoms with van der Waals surface area (Å²) in [6.45, 7) is 2.34. The Labute approximate surface area is 168 Å². The predicted molar refractivity (Wildman–Crippen MR) is 106 cm³/mol. The Bertz CT molecular complexity index is 744. The first-order valence-electron chi connectivity index (χ1n) is 9.29. The van der Waals surface area contributed by atoms with Gasteiger partial charge in [0.2, 0.25) is 0 Å². The van der Waals surface area contributed by atoms with Crippen LogP contribution in [-0.2, 0) is 6.54 Å². The predicted octanol–water partition coefficient (Wildman–Crippen LogP) is 3.58. The van der Waals surface area contributed by atoms with E-state index in [1.165, 1.54) is 12.1 Å². The number of hydrogen-bond acceptors (Lipinski definition) is 4. The fraction of sp³-hybridized carbons (Fsp3) is 0.450. The van der Waals surface area contributed by atoms with Crippen LogP contribution in [0, 0.1) is 0 Å². The van der Waals surface area contributed by atoms with E-state index in [1.54, 1.807) is 18.4 Å². The third-order valence-electron chi connectivity index (χ3n) is 4.05. The Morgan fingerprint density at radius 1 is 1.17 bits per heavy atom. The maximum Gasteiger partial charge on any atom is 0.422 e. The molecule has 0 radical (unpaired) electrons. The van der Waals surface area contributed by atoms with Crippen molar-refractivity contribution in [2.24, 2.45) is 4.99 Å². The normalized spacial score (nSPS) is 13.4. The monoisotopic (exact) mass is 412 g/mol. The van der Waals surface area contributed by atoms with Crippen molar-refractivity contribution in [1.29, 1.82) is 0 Å². The second kappa shape index (κ2) is 10.8. The van der Waals surface area contributed by atoms with Gasteiger partial charge in [-0.25, -0.2) is 4.99 Å². The molecule has 0 spiro atoms. The first kappa shape index (κ1) is 22.6. The van der Waals surface area contributed by atoms with Crippen LogP contribution in [0.2, 0.25) is 0 Å². The average Bonchev–Trinajstić information content (AvgIpc) is 3.19. The molecule has 0 saturated carbocycles. The number of ether oxygens (including phenoxy) is 1. The molecule has 2 N–H and O–H groups in total. The molecular formula is C20H27F3N4O2. The minimum absolute atomic E-state index is 0.0407. The van der Waals surface area contributed by atoms with Crippen molar-refractivity contribution >= 4 is 5.96 Å². The van der Waals surface area contributed by atoms with Gasteiger partial charge in [0, 0.05) is 13.1 Å². The molecule has 1 unspecified atom stereocenters. The van der Waals surface area contributed by atoms with E-state index in [-0.39, 0.29) is 11.8 Å². The molecule has 0 aliphatic heterocycles. The lowest BCUT2D eigenvalue weighted by atomic mass is 10.2. The van der Waals surface area contributed by atoms with Crippen LogP contribution in [-0.4, -0.2) is 50.8 Å². The molecule has 1 aromatic carbocycles. The van der Waals surface area contributed by atoms with Crippen LogP contribution in [0.25, 0.3) is 0 Å². The summed E-state index contributed by atoms with van der Waals surface area (Å²) in [4.78, 5) is 6.59. The van der Waals surface area contributed by atoms with Crippen molar-refractivity contribution < 1.29 is 22.3 Å². The fourth-order valence-corrected chi connectivity index (χ4v) is 2.58. The molecule has 1 aromatic heterocycles. The quantitative estimate of drug-likeness (QED) is 0.487. The lowest BCUT2D eigenvalue weighted by Crippen LogP contribution is -2.41. The van der Waals surface area contributed by atoms with Crippen molar-refractivity contribution in [3.05, 3.63) is 54.0 Å². The third-order valence-corrected chi connectivity index (χ3v) is 4.05. The van der Waals surface area contributed by atoms with Crippen LogP contribution in [0.3, 0.4) is 0 Å². The van der Waals surface area contributed by atoms with Crippen molar-refractivity contribution in [2.75, 3.05) is 33.8 Å². The van der Waals surface area contributed by atoms with Crippen LogP contribution in [0.5, 0.6) is 5.75 Å². The first-order chi connectivity index (χ1) is 13.8. The van der Waals surface area contributed by atoms with Gasteiger partial charge in [-0.3, -0.25) is 4.90 Å². The van der Waals surface area contributed by atoms with Gasteiger partial charge in [0.05, 0.1) is 18.8 Å². The van der Waals surface area contributed by atoms with Gasteiger partial charge < -0.3 is 19.8 Å². The van der Waals surface area contributed by atoms with E-state index >= 15 is 0 Å². The number of furan rings is 1. The lowest BCUT2D eigenvalue weighted by Gasteiger charge is -2.23. The van der Waals surface area contributed by atoms with E-state index in [1.807, 2.05) is 33.2 Å². The van der Waals surface area contributed by atoms with Gasteiger partial charge in [-0.05, 0) is 50.8 Å². The van der Waals surface area contributed by atoms with Gasteiger partial charge in [-0.1, -0.05) is 12.1 Å². The highest BCUT2D eigenvalue weighted by molar-refractivity contribution is 5.79. The molecular weight excluding hydrogens is 385 g/mol. The summed E-state index contributed by atoms with van der Waals surface area (Å²) in [6.07, 6.45) is -2.71. The second-order valence-electron chi connectivity index (χ2n) is 6.62. The first-order valence-corrected chi connectivity index (χ1v) is 9.29. The summed E-state index contributed by atoms with van der Waals surface area (Å²) in [6, 6.07) is 10.2. The Kier molecular flexibility index (Phi) is 8.38. The summed E-state index contributed by atoms with van der Waals surface area (Å²) in [5, 5.41) is 6.48. The molecule has 0 fully saturated rings. The lowest BCUT2D eigenvalue weighted by molar-refractivity contribution is -0.153. The maximum atomic E-state index is 12.2. The van der Waals surface area contributed by atoms with Crippen molar-refractivity contribution in [3.63, 3.8) is 0 Å². The number of rotatable bonds is 9. The Morgan fingerprint density at radius 2 is 1.90 bits per heavy atom. The zero-order chi connectivity index (χ0) is 21.3. The van der Waals surface area contributed by atoms with Gasteiger partial charge in [0.1, 0.15) is 11.5 Å². The van der Waals surface area contributed by atoms with Crippen LogP contribution < -0.4 is 15.4 Å². The van der Waals surface area contributed by atoms with Crippen LogP contribution >= 0.6 is 0 Å². The van der Waals surface area contributed by atoms with Crippen molar-refractivity contribution in [2.45, 2.75) is 25.7 Å². The number of halogens is 3. The summed E-state index contributed by atoms with van der Waals surface area (Å²) < 4.78 is 46.8. The van der Waals surface area contributed by atoms with Gasteiger partial charge in [0.15, 0.2) is 12.6 Å². The van der Waals surface area contributed by atoms with Crippen molar-refractivity contribution in [3.8, 4) is 5.75 Å². The molecule has 2 rings (SSSR count). The molecule has 29 heavy (non-hydrogen) atoms.